The van der Waals surface area contributed by atoms with Gasteiger partial charge in [-0.2, -0.15) is 12.6 Å². The van der Waals surface area contributed by atoms with Gasteiger partial charge in [0.2, 0.25) is 0 Å². The number of nitrogens with one attached hydrogen (secondary N) is 1. The highest BCUT2D eigenvalue weighted by molar-refractivity contribution is 7.80. The van der Waals surface area contributed by atoms with Gasteiger partial charge in [-0.05, 0) is 36.6 Å². The van der Waals surface area contributed by atoms with Crippen LogP contribution in [0.15, 0.2) is 42.5 Å². The predicted molar refractivity (Wildman–Crippen MR) is 126 cm³/mol. The van der Waals surface area contributed by atoms with E-state index in [4.69, 9.17) is 14.0 Å². The number of nitrogens with zero attached hydrogens (tertiary/aromatic N) is 1. The van der Waals surface area contributed by atoms with Crippen molar-refractivity contribution in [1.82, 2.24) is 9.99 Å². The number of piperidine rings is 1. The molecule has 0 radical (unpaired) electrons. The molecule has 1 aliphatic rings. The van der Waals surface area contributed by atoms with Crippen LogP contribution in [0.4, 0.5) is 0 Å². The molecule has 1 N–H and O–H groups in total. The quantitative estimate of drug-likeness (QED) is 0.345. The lowest BCUT2D eigenvalue weighted by molar-refractivity contribution is 0.0922. The van der Waals surface area contributed by atoms with E-state index in [0.29, 0.717) is 43.0 Å². The Balaban J connectivity index is 1.69. The summed E-state index contributed by atoms with van der Waals surface area (Å²) in [4.78, 5) is 12.9. The number of carbonyl (C=O) groups is 1. The van der Waals surface area contributed by atoms with Crippen LogP contribution in [0.5, 0.6) is 11.5 Å². The van der Waals surface area contributed by atoms with E-state index >= 15 is 0 Å². The Hall–Kier alpha value is -1.99. The van der Waals surface area contributed by atoms with E-state index in [0.717, 1.165) is 11.1 Å². The molecular formula is C22H29N2O5PS. The van der Waals surface area contributed by atoms with Crippen molar-refractivity contribution in [3.63, 3.8) is 0 Å². The first-order valence-electron chi connectivity index (χ1n) is 10.1. The zero-order valence-corrected chi connectivity index (χ0v) is 19.8. The molecular weight excluding hydrogens is 435 g/mol. The number of ether oxygens (including phenoxy) is 2. The van der Waals surface area contributed by atoms with E-state index in [2.05, 4.69) is 17.9 Å². The van der Waals surface area contributed by atoms with Crippen molar-refractivity contribution in [2.75, 3.05) is 39.9 Å². The Morgan fingerprint density at radius 2 is 1.87 bits per heavy atom. The zero-order chi connectivity index (χ0) is 22.4. The summed E-state index contributed by atoms with van der Waals surface area (Å²) in [5, 5.41) is 3.10. The number of benzene rings is 2. The van der Waals surface area contributed by atoms with Crippen molar-refractivity contribution >= 4 is 26.1 Å². The Morgan fingerprint density at radius 3 is 2.52 bits per heavy atom. The zero-order valence-electron chi connectivity index (χ0n) is 18.0. The van der Waals surface area contributed by atoms with Gasteiger partial charge in [-0.15, -0.1) is 0 Å². The molecule has 1 unspecified atom stereocenters. The van der Waals surface area contributed by atoms with Gasteiger partial charge in [0.15, 0.2) is 11.5 Å². The lowest BCUT2D eigenvalue weighted by Gasteiger charge is -2.35. The van der Waals surface area contributed by atoms with Crippen LogP contribution in [0, 0.1) is 0 Å². The molecule has 168 valence electrons. The average molecular weight is 465 g/mol. The molecule has 2 aromatic carbocycles. The van der Waals surface area contributed by atoms with Gasteiger partial charge in [-0.25, -0.2) is 4.67 Å². The van der Waals surface area contributed by atoms with E-state index in [1.165, 1.54) is 0 Å². The molecule has 2 aromatic rings. The maximum atomic E-state index is 12.9. The minimum Gasteiger partial charge on any atom is -0.493 e. The molecule has 1 aliphatic heterocycles. The number of carbonyl (C=O) groups excluding carboxylic acids is 1. The summed E-state index contributed by atoms with van der Waals surface area (Å²) in [6, 6.07) is 13.1. The number of thiol groups is 1. The Kier molecular flexibility index (Phi) is 8.06. The third kappa shape index (κ3) is 5.63. The topological polar surface area (TPSA) is 77.1 Å². The standard InChI is InChI=1S/C22H29N2O5PS/c1-27-20-9-5-8-19(21(20)28-2)16-6-4-7-17(14-16)22(25)23-18-10-12-24(13-11-18)30(3,26)29-15-31/h4-9,14,18,31H,10-13,15H2,1-3H3,(H,23,25). The van der Waals surface area contributed by atoms with Crippen LogP contribution < -0.4 is 14.8 Å². The molecule has 0 aliphatic carbocycles. The Labute approximate surface area is 189 Å². The van der Waals surface area contributed by atoms with Crippen molar-refractivity contribution in [2.24, 2.45) is 0 Å². The minimum atomic E-state index is -2.82. The highest BCUT2D eigenvalue weighted by Gasteiger charge is 2.31. The van der Waals surface area contributed by atoms with Crippen molar-refractivity contribution in [3.8, 4) is 22.6 Å². The molecule has 3 rings (SSSR count). The summed E-state index contributed by atoms with van der Waals surface area (Å²) in [6.45, 7) is 2.82. The van der Waals surface area contributed by atoms with Crippen LogP contribution in [0.2, 0.25) is 0 Å². The van der Waals surface area contributed by atoms with Gasteiger partial charge < -0.3 is 19.3 Å². The normalized spacial score (nSPS) is 17.0. The molecule has 31 heavy (non-hydrogen) atoms. The molecule has 0 spiro atoms. The van der Waals surface area contributed by atoms with Crippen LogP contribution in [0.3, 0.4) is 0 Å². The second-order valence-corrected chi connectivity index (χ2v) is 10.1. The molecule has 7 nitrogen and oxygen atoms in total. The molecule has 9 heteroatoms. The number of amides is 1. The molecule has 1 amide bonds. The average Bonchev–Trinajstić information content (AvgIpc) is 2.78. The SMILES string of the molecule is COc1cccc(-c2cccc(C(=O)NC3CCN(P(C)(=O)OCS)CC3)c2)c1OC. The van der Waals surface area contributed by atoms with Crippen LogP contribution in [-0.4, -0.2) is 56.5 Å². The number of hydrogen-bond acceptors (Lipinski definition) is 6. The van der Waals surface area contributed by atoms with Crippen molar-refractivity contribution in [3.05, 3.63) is 48.0 Å². The smallest absolute Gasteiger partial charge is 0.270 e. The van der Waals surface area contributed by atoms with Crippen LogP contribution in [0.1, 0.15) is 23.2 Å². The summed E-state index contributed by atoms with van der Waals surface area (Å²) >= 11 is 4.00. The van der Waals surface area contributed by atoms with Crippen LogP contribution in [-0.2, 0) is 9.09 Å². The lowest BCUT2D eigenvalue weighted by Crippen LogP contribution is -2.43. The monoisotopic (exact) mass is 464 g/mol. The first-order valence-corrected chi connectivity index (χ1v) is 12.8. The molecule has 1 fully saturated rings. The molecule has 0 aromatic heterocycles. The minimum absolute atomic E-state index is 0.0229. The van der Waals surface area contributed by atoms with Gasteiger partial charge in [-0.1, -0.05) is 24.3 Å². The Morgan fingerprint density at radius 1 is 1.16 bits per heavy atom. The van der Waals surface area contributed by atoms with Crippen molar-refractivity contribution in [1.29, 1.82) is 0 Å². The highest BCUT2D eigenvalue weighted by Crippen LogP contribution is 2.48. The van der Waals surface area contributed by atoms with Crippen LogP contribution in [0.25, 0.3) is 11.1 Å². The summed E-state index contributed by atoms with van der Waals surface area (Å²) in [6.07, 6.45) is 1.42. The van der Waals surface area contributed by atoms with Gasteiger partial charge in [0.1, 0.15) is 0 Å². The second kappa shape index (κ2) is 10.6. The van der Waals surface area contributed by atoms with Crippen molar-refractivity contribution in [2.45, 2.75) is 18.9 Å². The van der Waals surface area contributed by atoms with Gasteiger partial charge >= 0.3 is 0 Å². The molecule has 0 bridgehead atoms. The summed E-state index contributed by atoms with van der Waals surface area (Å²) in [5.41, 5.74) is 2.30. The third-order valence-electron chi connectivity index (χ3n) is 5.46. The first-order chi connectivity index (χ1) is 14.9. The predicted octanol–water partition coefficient (Wildman–Crippen LogP) is 4.29. The number of hydrogen-bond donors (Lipinski definition) is 2. The van der Waals surface area contributed by atoms with E-state index in [-0.39, 0.29) is 17.9 Å². The molecule has 1 heterocycles. The third-order valence-corrected chi connectivity index (χ3v) is 7.82. The highest BCUT2D eigenvalue weighted by atomic mass is 32.1. The number of para-hydroxylation sites is 1. The first kappa shape index (κ1) is 23.7. The lowest BCUT2D eigenvalue weighted by atomic mass is 10.0. The summed E-state index contributed by atoms with van der Waals surface area (Å²) < 4.78 is 30.6. The van der Waals surface area contributed by atoms with E-state index in [9.17, 15) is 9.36 Å². The summed E-state index contributed by atoms with van der Waals surface area (Å²) in [5.74, 6) is 1.26. The summed E-state index contributed by atoms with van der Waals surface area (Å²) in [7, 11) is 0.374. The fraction of sp³-hybridized carbons (Fsp3) is 0.409. The van der Waals surface area contributed by atoms with Gasteiger partial charge in [-0.3, -0.25) is 9.36 Å². The molecule has 0 saturated carbocycles. The number of methoxy groups -OCH3 is 2. The number of rotatable bonds is 8. The molecule has 1 atom stereocenters. The van der Waals surface area contributed by atoms with E-state index < -0.39 is 7.52 Å². The van der Waals surface area contributed by atoms with Gasteiger partial charge in [0.05, 0.1) is 20.2 Å². The largest absolute Gasteiger partial charge is 0.493 e. The maximum absolute atomic E-state index is 12.9. The van der Waals surface area contributed by atoms with Crippen molar-refractivity contribution < 1.29 is 23.4 Å². The molecule has 1 saturated heterocycles. The Bertz CT molecular complexity index is 963. The fourth-order valence-electron chi connectivity index (χ4n) is 3.77. The maximum Gasteiger partial charge on any atom is 0.270 e. The van der Waals surface area contributed by atoms with Crippen LogP contribution >= 0.6 is 20.1 Å². The fourth-order valence-corrected chi connectivity index (χ4v) is 5.75. The van der Waals surface area contributed by atoms with E-state index in [1.54, 1.807) is 27.0 Å². The van der Waals surface area contributed by atoms with Gasteiger partial charge in [0, 0.05) is 36.9 Å². The van der Waals surface area contributed by atoms with Gasteiger partial charge in [0.25, 0.3) is 13.4 Å². The van der Waals surface area contributed by atoms with E-state index in [1.807, 2.05) is 41.1 Å². The second-order valence-electron chi connectivity index (χ2n) is 7.38.